The summed E-state index contributed by atoms with van der Waals surface area (Å²) in [5.74, 6) is -3.36. The van der Waals surface area contributed by atoms with Gasteiger partial charge in [-0.25, -0.2) is 8.78 Å². The lowest BCUT2D eigenvalue weighted by molar-refractivity contribution is -0.285. The van der Waals surface area contributed by atoms with Crippen LogP contribution in [-0.4, -0.2) is 31.4 Å². The molecule has 1 unspecified atom stereocenters. The highest BCUT2D eigenvalue weighted by molar-refractivity contribution is 4.76. The highest BCUT2D eigenvalue weighted by Gasteiger charge is 2.55. The topological polar surface area (TPSA) is 12.0 Å². The molecule has 1 atom stereocenters. The molecule has 0 fully saturated rings. The summed E-state index contributed by atoms with van der Waals surface area (Å²) in [7, 11) is 0. The van der Waals surface area contributed by atoms with Crippen molar-refractivity contribution in [2.75, 3.05) is 6.54 Å². The van der Waals surface area contributed by atoms with Crippen LogP contribution in [0.25, 0.3) is 0 Å². The van der Waals surface area contributed by atoms with Crippen molar-refractivity contribution in [1.29, 1.82) is 0 Å². The van der Waals surface area contributed by atoms with Crippen molar-refractivity contribution < 1.29 is 35.1 Å². The normalized spacial score (nSPS) is 15.3. The Morgan fingerprint density at radius 2 is 1.37 bits per heavy atom. The van der Waals surface area contributed by atoms with Crippen LogP contribution >= 0.6 is 0 Å². The number of rotatable bonds is 7. The van der Waals surface area contributed by atoms with Gasteiger partial charge in [0.1, 0.15) is 0 Å². The summed E-state index contributed by atoms with van der Waals surface area (Å²) in [6.45, 7) is 0.793. The number of nitrogens with one attached hydrogen (secondary N) is 1. The molecule has 1 N–H and O–H groups in total. The molecule has 9 heteroatoms. The average molecular weight is 301 g/mol. The van der Waals surface area contributed by atoms with Gasteiger partial charge in [0.05, 0.1) is 6.54 Å². The molecule has 0 aromatic heterocycles. The third-order valence-corrected chi connectivity index (χ3v) is 2.54. The Labute approximate surface area is 105 Å². The monoisotopic (exact) mass is 301 g/mol. The van der Waals surface area contributed by atoms with E-state index in [1.54, 1.807) is 0 Å². The van der Waals surface area contributed by atoms with Crippen molar-refractivity contribution in [2.24, 2.45) is 5.92 Å². The smallest absolute Gasteiger partial charge is 0.309 e. The van der Waals surface area contributed by atoms with E-state index in [0.29, 0.717) is 0 Å². The first-order chi connectivity index (χ1) is 8.44. The van der Waals surface area contributed by atoms with Gasteiger partial charge in [-0.15, -0.1) is 0 Å². The molecule has 0 aliphatic heterocycles. The van der Waals surface area contributed by atoms with E-state index in [4.69, 9.17) is 0 Å². The predicted octanol–water partition coefficient (Wildman–Crippen LogP) is 4.14. The highest BCUT2D eigenvalue weighted by Crippen LogP contribution is 2.42. The van der Waals surface area contributed by atoms with Crippen LogP contribution in [-0.2, 0) is 0 Å². The fraction of sp³-hybridized carbons (Fsp3) is 1.00. The Morgan fingerprint density at radius 3 is 1.74 bits per heavy atom. The summed E-state index contributed by atoms with van der Waals surface area (Å²) in [5.41, 5.74) is 0. The van der Waals surface area contributed by atoms with E-state index in [9.17, 15) is 35.1 Å². The Hall–Kier alpha value is -0.600. The zero-order valence-corrected chi connectivity index (χ0v) is 10.1. The van der Waals surface area contributed by atoms with E-state index >= 15 is 0 Å². The third-order valence-electron chi connectivity index (χ3n) is 2.54. The zero-order valence-electron chi connectivity index (χ0n) is 10.1. The summed E-state index contributed by atoms with van der Waals surface area (Å²) >= 11 is 0. The number of hydrogen-bond acceptors (Lipinski definition) is 1. The van der Waals surface area contributed by atoms with Crippen molar-refractivity contribution in [3.63, 3.8) is 0 Å². The largest absolute Gasteiger partial charge is 0.400 e. The standard InChI is InChI=1S/C10H15F8N/c1-6(19-5-8(11)12)3-2-4-7(9(13,14)15)10(16,17)18/h6-8,19H,2-5H2,1H3. The quantitative estimate of drug-likeness (QED) is 0.697. The maximum atomic E-state index is 12.2. The van der Waals surface area contributed by atoms with Gasteiger partial charge in [0, 0.05) is 6.04 Å². The molecule has 0 aromatic rings. The minimum absolute atomic E-state index is 0.0324. The van der Waals surface area contributed by atoms with Crippen molar-refractivity contribution in [1.82, 2.24) is 5.32 Å². The van der Waals surface area contributed by atoms with Gasteiger partial charge in [-0.1, -0.05) is 6.42 Å². The van der Waals surface area contributed by atoms with Crippen molar-refractivity contribution in [3.05, 3.63) is 0 Å². The van der Waals surface area contributed by atoms with E-state index in [0.717, 1.165) is 0 Å². The van der Waals surface area contributed by atoms with Crippen LogP contribution in [0.5, 0.6) is 0 Å². The summed E-state index contributed by atoms with van der Waals surface area (Å²) in [6.07, 6.45) is -14.7. The van der Waals surface area contributed by atoms with Crippen LogP contribution in [0.1, 0.15) is 26.2 Å². The molecular formula is C10H15F8N. The molecule has 0 aliphatic carbocycles. The summed E-state index contributed by atoms with van der Waals surface area (Å²) in [5, 5.41) is 2.32. The van der Waals surface area contributed by atoms with Gasteiger partial charge in [0.2, 0.25) is 0 Å². The average Bonchev–Trinajstić information content (AvgIpc) is 2.17. The molecule has 0 bridgehead atoms. The second-order valence-electron chi connectivity index (χ2n) is 4.27. The van der Waals surface area contributed by atoms with Crippen molar-refractivity contribution >= 4 is 0 Å². The molecule has 0 radical (unpaired) electrons. The summed E-state index contributed by atoms with van der Waals surface area (Å²) in [4.78, 5) is 0. The van der Waals surface area contributed by atoms with E-state index in [2.05, 4.69) is 5.32 Å². The number of hydrogen-bond donors (Lipinski definition) is 1. The van der Waals surface area contributed by atoms with Gasteiger partial charge in [0.15, 0.2) is 5.92 Å². The minimum atomic E-state index is -5.34. The third kappa shape index (κ3) is 8.22. The molecule has 0 saturated heterocycles. The van der Waals surface area contributed by atoms with Crippen LogP contribution in [0.2, 0.25) is 0 Å². The lowest BCUT2D eigenvalue weighted by Gasteiger charge is -2.23. The minimum Gasteiger partial charge on any atom is -0.309 e. The Bertz CT molecular complexity index is 233. The van der Waals surface area contributed by atoms with Gasteiger partial charge in [-0.2, -0.15) is 26.3 Å². The van der Waals surface area contributed by atoms with Crippen LogP contribution in [0.4, 0.5) is 35.1 Å². The first kappa shape index (κ1) is 18.4. The van der Waals surface area contributed by atoms with Gasteiger partial charge >= 0.3 is 12.4 Å². The fourth-order valence-corrected chi connectivity index (χ4v) is 1.53. The Balaban J connectivity index is 4.14. The Kier molecular flexibility index (Phi) is 7.02. The number of alkyl halides is 8. The van der Waals surface area contributed by atoms with E-state index in [1.165, 1.54) is 6.92 Å². The van der Waals surface area contributed by atoms with Crippen LogP contribution < -0.4 is 5.32 Å². The van der Waals surface area contributed by atoms with Crippen LogP contribution in [0.3, 0.4) is 0 Å². The molecule has 0 rings (SSSR count). The first-order valence-corrected chi connectivity index (χ1v) is 5.59. The SMILES string of the molecule is CC(CCCC(C(F)(F)F)C(F)(F)F)NCC(F)F. The molecule has 0 saturated carbocycles. The fourth-order valence-electron chi connectivity index (χ4n) is 1.53. The lowest BCUT2D eigenvalue weighted by Crippen LogP contribution is -2.37. The van der Waals surface area contributed by atoms with E-state index in [-0.39, 0.29) is 12.8 Å². The second kappa shape index (κ2) is 7.25. The molecule has 0 spiro atoms. The molecule has 0 aromatic carbocycles. The Morgan fingerprint density at radius 1 is 0.895 bits per heavy atom. The summed E-state index contributed by atoms with van der Waals surface area (Å²) in [6, 6.07) is -0.559. The van der Waals surface area contributed by atoms with Crippen LogP contribution in [0.15, 0.2) is 0 Å². The van der Waals surface area contributed by atoms with E-state index < -0.39 is 43.7 Å². The molecule has 1 nitrogen and oxygen atoms in total. The molecule has 116 valence electrons. The number of halogens is 8. The van der Waals surface area contributed by atoms with Crippen molar-refractivity contribution in [2.45, 2.75) is 51.0 Å². The maximum Gasteiger partial charge on any atom is 0.400 e. The van der Waals surface area contributed by atoms with Gasteiger partial charge < -0.3 is 5.32 Å². The van der Waals surface area contributed by atoms with Crippen LogP contribution in [0, 0.1) is 5.92 Å². The maximum absolute atomic E-state index is 12.2. The molecular weight excluding hydrogens is 286 g/mol. The first-order valence-electron chi connectivity index (χ1n) is 5.59. The second-order valence-corrected chi connectivity index (χ2v) is 4.27. The van der Waals surface area contributed by atoms with Gasteiger partial charge in [-0.05, 0) is 19.8 Å². The van der Waals surface area contributed by atoms with E-state index in [1.807, 2.05) is 0 Å². The molecule has 19 heavy (non-hydrogen) atoms. The van der Waals surface area contributed by atoms with Gasteiger partial charge in [0.25, 0.3) is 6.43 Å². The van der Waals surface area contributed by atoms with Crippen molar-refractivity contribution in [3.8, 4) is 0 Å². The summed E-state index contributed by atoms with van der Waals surface area (Å²) < 4.78 is 96.6. The zero-order chi connectivity index (χ0) is 15.3. The molecule has 0 amide bonds. The molecule has 0 heterocycles. The lowest BCUT2D eigenvalue weighted by atomic mass is 9.99. The van der Waals surface area contributed by atoms with Gasteiger partial charge in [-0.3, -0.25) is 0 Å². The molecule has 0 aliphatic rings. The highest BCUT2D eigenvalue weighted by atomic mass is 19.4. The predicted molar refractivity (Wildman–Crippen MR) is 52.9 cm³/mol.